The average molecular weight is 495 g/mol. The highest BCUT2D eigenvalue weighted by Gasteiger charge is 2.35. The van der Waals surface area contributed by atoms with Crippen molar-refractivity contribution in [3.05, 3.63) is 41.5 Å². The van der Waals surface area contributed by atoms with E-state index in [4.69, 9.17) is 0 Å². The monoisotopic (exact) mass is 494 g/mol. The van der Waals surface area contributed by atoms with Gasteiger partial charge in [-0.2, -0.15) is 4.31 Å². The van der Waals surface area contributed by atoms with Crippen molar-refractivity contribution in [3.8, 4) is 0 Å². The third-order valence-corrected chi connectivity index (χ3v) is 10.4. The van der Waals surface area contributed by atoms with Crippen molar-refractivity contribution >= 4 is 54.0 Å². The summed E-state index contributed by atoms with van der Waals surface area (Å²) in [6, 6.07) is 7.97. The highest BCUT2D eigenvalue weighted by atomic mass is 32.2. The molecule has 2 aliphatic rings. The summed E-state index contributed by atoms with van der Waals surface area (Å²) in [5.41, 5.74) is 0.786. The molecule has 0 aliphatic carbocycles. The zero-order valence-corrected chi connectivity index (χ0v) is 19.8. The third kappa shape index (κ3) is 4.14. The number of piperidine rings is 1. The number of piperazine rings is 1. The number of sulfonamides is 1. The van der Waals surface area contributed by atoms with Crippen molar-refractivity contribution in [1.29, 1.82) is 0 Å². The Morgan fingerprint density at radius 2 is 1.81 bits per heavy atom. The second kappa shape index (κ2) is 8.69. The number of benzene rings is 1. The quantitative estimate of drug-likeness (QED) is 0.557. The summed E-state index contributed by atoms with van der Waals surface area (Å²) >= 11 is 2.69. The number of amides is 1. The minimum absolute atomic E-state index is 0.115. The summed E-state index contributed by atoms with van der Waals surface area (Å²) in [4.78, 5) is 21.7. The first-order valence-corrected chi connectivity index (χ1v) is 13.7. The molecule has 0 spiro atoms. The summed E-state index contributed by atoms with van der Waals surface area (Å²) in [7, 11) is -3.45. The van der Waals surface area contributed by atoms with Crippen LogP contribution in [0, 0.1) is 11.7 Å². The van der Waals surface area contributed by atoms with E-state index in [1.54, 1.807) is 23.6 Å². The van der Waals surface area contributed by atoms with Crippen LogP contribution in [0.2, 0.25) is 0 Å². The predicted octanol–water partition coefficient (Wildman–Crippen LogP) is 3.25. The van der Waals surface area contributed by atoms with E-state index in [0.29, 0.717) is 56.3 Å². The van der Waals surface area contributed by atoms with Crippen LogP contribution in [-0.4, -0.2) is 67.8 Å². The van der Waals surface area contributed by atoms with E-state index in [1.165, 1.54) is 39.1 Å². The maximum atomic E-state index is 13.5. The molecule has 2 aliphatic heterocycles. The lowest BCUT2D eigenvalue weighted by atomic mass is 9.96. The standard InChI is InChI=1S/C21H23FN4O3S3/c22-16-3-4-17-18(14-16)31-21(23-17)25-11-9-24(10-12-25)20(27)15-5-7-26(8-6-15)32(28,29)19-2-1-13-30-19/h1-4,13-15H,5-12H2. The Morgan fingerprint density at radius 3 is 2.50 bits per heavy atom. The van der Waals surface area contributed by atoms with Crippen LogP contribution in [0.1, 0.15) is 12.8 Å². The van der Waals surface area contributed by atoms with Crippen molar-refractivity contribution in [2.45, 2.75) is 17.1 Å². The number of halogens is 1. The van der Waals surface area contributed by atoms with Gasteiger partial charge in [-0.05, 0) is 42.5 Å². The van der Waals surface area contributed by atoms with Gasteiger partial charge in [-0.1, -0.05) is 17.4 Å². The van der Waals surface area contributed by atoms with Crippen LogP contribution in [0.15, 0.2) is 39.9 Å². The molecule has 170 valence electrons. The Kier molecular flexibility index (Phi) is 5.91. The molecule has 1 aromatic carbocycles. The number of fused-ring (bicyclic) bond motifs is 1. The number of rotatable bonds is 4. The Balaban J connectivity index is 1.16. The number of carbonyl (C=O) groups is 1. The van der Waals surface area contributed by atoms with Gasteiger partial charge in [-0.3, -0.25) is 4.79 Å². The highest BCUT2D eigenvalue weighted by Crippen LogP contribution is 2.31. The van der Waals surface area contributed by atoms with Crippen LogP contribution >= 0.6 is 22.7 Å². The second-order valence-corrected chi connectivity index (χ2v) is 12.2. The molecule has 0 saturated carbocycles. The topological polar surface area (TPSA) is 73.8 Å². The molecule has 0 N–H and O–H groups in total. The van der Waals surface area contributed by atoms with E-state index in [-0.39, 0.29) is 17.6 Å². The van der Waals surface area contributed by atoms with Crippen LogP contribution in [0.4, 0.5) is 9.52 Å². The number of aromatic nitrogens is 1. The molecule has 0 bridgehead atoms. The number of hydrogen-bond acceptors (Lipinski definition) is 7. The fourth-order valence-electron chi connectivity index (χ4n) is 4.28. The first-order valence-electron chi connectivity index (χ1n) is 10.6. The van der Waals surface area contributed by atoms with Crippen molar-refractivity contribution < 1.29 is 17.6 Å². The smallest absolute Gasteiger partial charge is 0.252 e. The van der Waals surface area contributed by atoms with Gasteiger partial charge >= 0.3 is 0 Å². The van der Waals surface area contributed by atoms with Gasteiger partial charge in [0.25, 0.3) is 10.0 Å². The van der Waals surface area contributed by atoms with Crippen LogP contribution in [0.3, 0.4) is 0 Å². The molecule has 5 rings (SSSR count). The highest BCUT2D eigenvalue weighted by molar-refractivity contribution is 7.91. The second-order valence-electron chi connectivity index (χ2n) is 8.03. The summed E-state index contributed by atoms with van der Waals surface area (Å²) < 4.78 is 41.5. The van der Waals surface area contributed by atoms with E-state index in [2.05, 4.69) is 9.88 Å². The van der Waals surface area contributed by atoms with Crippen LogP contribution < -0.4 is 4.90 Å². The zero-order valence-electron chi connectivity index (χ0n) is 17.3. The minimum Gasteiger partial charge on any atom is -0.345 e. The Bertz CT molecular complexity index is 1210. The molecule has 11 heteroatoms. The average Bonchev–Trinajstić information content (AvgIpc) is 3.49. The molecule has 1 amide bonds. The van der Waals surface area contributed by atoms with Gasteiger partial charge in [0, 0.05) is 45.2 Å². The van der Waals surface area contributed by atoms with Gasteiger partial charge < -0.3 is 9.80 Å². The lowest BCUT2D eigenvalue weighted by Crippen LogP contribution is -2.52. The Hall–Kier alpha value is -2.08. The van der Waals surface area contributed by atoms with Crippen molar-refractivity contribution in [2.24, 2.45) is 5.92 Å². The third-order valence-electron chi connectivity index (χ3n) is 6.09. The van der Waals surface area contributed by atoms with Crippen LogP contribution in [0.5, 0.6) is 0 Å². The summed E-state index contributed by atoms with van der Waals surface area (Å²) in [5, 5.41) is 2.61. The zero-order chi connectivity index (χ0) is 22.3. The number of carbonyl (C=O) groups excluding carboxylic acids is 1. The maximum absolute atomic E-state index is 13.5. The van der Waals surface area contributed by atoms with Gasteiger partial charge in [0.05, 0.1) is 10.2 Å². The Morgan fingerprint density at radius 1 is 1.06 bits per heavy atom. The van der Waals surface area contributed by atoms with Gasteiger partial charge in [-0.15, -0.1) is 11.3 Å². The lowest BCUT2D eigenvalue weighted by molar-refractivity contribution is -0.137. The summed E-state index contributed by atoms with van der Waals surface area (Å²) in [6.45, 7) is 3.32. The number of thiophene rings is 1. The van der Waals surface area contributed by atoms with Gasteiger partial charge in [-0.25, -0.2) is 17.8 Å². The number of anilines is 1. The van der Waals surface area contributed by atoms with Gasteiger partial charge in [0.2, 0.25) is 5.91 Å². The molecular formula is C21H23FN4O3S3. The van der Waals surface area contributed by atoms with Gasteiger partial charge in [0.15, 0.2) is 5.13 Å². The first-order chi connectivity index (χ1) is 15.4. The predicted molar refractivity (Wildman–Crippen MR) is 124 cm³/mol. The van der Waals surface area contributed by atoms with Crippen molar-refractivity contribution in [2.75, 3.05) is 44.2 Å². The molecular weight excluding hydrogens is 471 g/mol. The molecule has 32 heavy (non-hydrogen) atoms. The van der Waals surface area contributed by atoms with Crippen LogP contribution in [0.25, 0.3) is 10.2 Å². The van der Waals surface area contributed by atoms with E-state index in [0.717, 1.165) is 15.3 Å². The van der Waals surface area contributed by atoms with Crippen molar-refractivity contribution in [1.82, 2.24) is 14.2 Å². The van der Waals surface area contributed by atoms with E-state index in [1.807, 2.05) is 4.90 Å². The molecule has 0 atom stereocenters. The molecule has 2 aromatic heterocycles. The minimum atomic E-state index is -3.45. The molecule has 2 fully saturated rings. The number of thiazole rings is 1. The van der Waals surface area contributed by atoms with Crippen molar-refractivity contribution in [3.63, 3.8) is 0 Å². The van der Waals surface area contributed by atoms with Gasteiger partial charge in [0.1, 0.15) is 10.0 Å². The molecule has 7 nitrogen and oxygen atoms in total. The fourth-order valence-corrected chi connectivity index (χ4v) is 7.93. The largest absolute Gasteiger partial charge is 0.345 e. The first kappa shape index (κ1) is 21.7. The van der Waals surface area contributed by atoms with Crippen LogP contribution in [-0.2, 0) is 14.8 Å². The number of hydrogen-bond donors (Lipinski definition) is 0. The SMILES string of the molecule is O=C(C1CCN(S(=O)(=O)c2cccs2)CC1)N1CCN(c2nc3ccc(F)cc3s2)CC1. The normalized spacial score (nSPS) is 19.0. The molecule has 4 heterocycles. The number of nitrogens with zero attached hydrogens (tertiary/aromatic N) is 4. The summed E-state index contributed by atoms with van der Waals surface area (Å²) in [5.74, 6) is -0.289. The molecule has 0 radical (unpaired) electrons. The fraction of sp³-hybridized carbons (Fsp3) is 0.429. The molecule has 3 aromatic rings. The molecule has 0 unspecified atom stereocenters. The lowest BCUT2D eigenvalue weighted by Gasteiger charge is -2.38. The molecule has 2 saturated heterocycles. The maximum Gasteiger partial charge on any atom is 0.252 e. The summed E-state index contributed by atoms with van der Waals surface area (Å²) in [6.07, 6.45) is 1.10. The Labute approximate surface area is 194 Å². The van der Waals surface area contributed by atoms with E-state index in [9.17, 15) is 17.6 Å². The van der Waals surface area contributed by atoms with E-state index >= 15 is 0 Å². The van der Waals surface area contributed by atoms with E-state index < -0.39 is 10.0 Å².